The number of nitrogens with one attached hydrogen (secondary N) is 1. The normalized spacial score (nSPS) is 15.8. The topological polar surface area (TPSA) is 81.0 Å². The summed E-state index contributed by atoms with van der Waals surface area (Å²) in [4.78, 5) is 18.9. The molecule has 3 rings (SSSR count). The molecule has 0 radical (unpaired) electrons. The van der Waals surface area contributed by atoms with E-state index >= 15 is 0 Å². The third kappa shape index (κ3) is 2.62. The van der Waals surface area contributed by atoms with Gasteiger partial charge in [0.15, 0.2) is 0 Å². The van der Waals surface area contributed by atoms with Crippen LogP contribution in [0, 0.1) is 23.0 Å². The van der Waals surface area contributed by atoms with E-state index in [4.69, 9.17) is 0 Å². The highest BCUT2D eigenvalue weighted by molar-refractivity contribution is 7.09. The Kier molecular flexibility index (Phi) is 3.35. The zero-order valence-corrected chi connectivity index (χ0v) is 11.8. The fourth-order valence-electron chi connectivity index (χ4n) is 2.18. The summed E-state index contributed by atoms with van der Waals surface area (Å²) in [6.07, 6.45) is 5.47. The molecule has 0 aromatic carbocycles. The Bertz CT molecular complexity index is 625. The Balaban J connectivity index is 1.82. The van der Waals surface area contributed by atoms with Crippen LogP contribution < -0.4 is 5.32 Å². The third-order valence-corrected chi connectivity index (χ3v) is 4.25. The Morgan fingerprint density at radius 3 is 2.85 bits per heavy atom. The molecule has 1 saturated carbocycles. The molecule has 1 aliphatic rings. The second kappa shape index (κ2) is 5.16. The van der Waals surface area contributed by atoms with E-state index in [0.717, 1.165) is 5.01 Å². The van der Waals surface area contributed by atoms with Crippen LogP contribution >= 0.6 is 11.3 Å². The van der Waals surface area contributed by atoms with Crippen molar-refractivity contribution in [3.63, 3.8) is 0 Å². The zero-order chi connectivity index (χ0) is 14.1. The lowest BCUT2D eigenvalue weighted by Crippen LogP contribution is -2.13. The molecule has 0 aliphatic heterocycles. The maximum atomic E-state index is 10.8. The molecular formula is C13H14N4O2S. The van der Waals surface area contributed by atoms with Gasteiger partial charge in [-0.1, -0.05) is 0 Å². The highest BCUT2D eigenvalue weighted by Crippen LogP contribution is 2.43. The molecule has 0 spiro atoms. The summed E-state index contributed by atoms with van der Waals surface area (Å²) in [7, 11) is 0. The van der Waals surface area contributed by atoms with Crippen molar-refractivity contribution in [3.8, 4) is 0 Å². The Hall–Kier alpha value is -2.02. The van der Waals surface area contributed by atoms with Gasteiger partial charge in [0.2, 0.25) is 0 Å². The molecule has 20 heavy (non-hydrogen) atoms. The van der Waals surface area contributed by atoms with E-state index in [0.29, 0.717) is 17.3 Å². The summed E-state index contributed by atoms with van der Waals surface area (Å²) in [6, 6.07) is 1.88. The molecule has 1 unspecified atom stereocenters. The summed E-state index contributed by atoms with van der Waals surface area (Å²) in [5.41, 5.74) is 0.661. The van der Waals surface area contributed by atoms with E-state index in [1.165, 1.54) is 19.0 Å². The molecule has 104 valence electrons. The maximum absolute atomic E-state index is 10.8. The number of thiazole rings is 1. The van der Waals surface area contributed by atoms with Crippen LogP contribution in [0.3, 0.4) is 0 Å². The third-order valence-electron chi connectivity index (χ3n) is 3.39. The lowest BCUT2D eigenvalue weighted by atomic mass is 10.2. The largest absolute Gasteiger partial charge is 0.361 e. The van der Waals surface area contributed by atoms with Gasteiger partial charge in [-0.05, 0) is 31.7 Å². The lowest BCUT2D eigenvalue weighted by Gasteiger charge is -2.16. The van der Waals surface area contributed by atoms with Crippen LogP contribution in [0.1, 0.15) is 29.5 Å². The monoisotopic (exact) mass is 290 g/mol. The molecule has 7 heteroatoms. The van der Waals surface area contributed by atoms with E-state index in [1.807, 2.05) is 5.38 Å². The van der Waals surface area contributed by atoms with Gasteiger partial charge < -0.3 is 5.32 Å². The van der Waals surface area contributed by atoms with Gasteiger partial charge in [0.25, 0.3) is 5.69 Å². The summed E-state index contributed by atoms with van der Waals surface area (Å²) in [6.45, 7) is 1.72. The predicted octanol–water partition coefficient (Wildman–Crippen LogP) is 3.32. The van der Waals surface area contributed by atoms with Gasteiger partial charge in [-0.15, -0.1) is 11.3 Å². The minimum Gasteiger partial charge on any atom is -0.361 e. The van der Waals surface area contributed by atoms with Gasteiger partial charge in [0, 0.05) is 17.1 Å². The van der Waals surface area contributed by atoms with E-state index in [9.17, 15) is 10.1 Å². The lowest BCUT2D eigenvalue weighted by molar-refractivity contribution is -0.385. The van der Waals surface area contributed by atoms with E-state index in [1.54, 1.807) is 30.5 Å². The first-order valence-corrected chi connectivity index (χ1v) is 7.30. The summed E-state index contributed by atoms with van der Waals surface area (Å²) >= 11 is 1.62. The number of nitrogens with zero attached hydrogens (tertiary/aromatic N) is 3. The van der Waals surface area contributed by atoms with Crippen LogP contribution in [0.2, 0.25) is 0 Å². The number of rotatable bonds is 5. The fourth-order valence-corrected chi connectivity index (χ4v) is 2.96. The Morgan fingerprint density at radius 2 is 2.30 bits per heavy atom. The maximum Gasteiger partial charge on any atom is 0.290 e. The van der Waals surface area contributed by atoms with E-state index < -0.39 is 4.92 Å². The molecule has 1 fully saturated rings. The molecule has 1 N–H and O–H groups in total. The van der Waals surface area contributed by atoms with Crippen molar-refractivity contribution in [2.45, 2.75) is 25.8 Å². The first-order chi connectivity index (χ1) is 9.65. The van der Waals surface area contributed by atoms with Gasteiger partial charge in [0.05, 0.1) is 11.0 Å². The smallest absolute Gasteiger partial charge is 0.290 e. The van der Waals surface area contributed by atoms with Crippen LogP contribution in [0.25, 0.3) is 0 Å². The summed E-state index contributed by atoms with van der Waals surface area (Å²) < 4.78 is 0. The van der Waals surface area contributed by atoms with Crippen LogP contribution in [0.4, 0.5) is 11.5 Å². The molecular weight excluding hydrogens is 276 g/mol. The summed E-state index contributed by atoms with van der Waals surface area (Å²) in [5, 5.41) is 17.2. The molecule has 2 aromatic heterocycles. The second-order valence-corrected chi connectivity index (χ2v) is 5.87. The highest BCUT2D eigenvalue weighted by atomic mass is 32.1. The van der Waals surface area contributed by atoms with Gasteiger partial charge >= 0.3 is 0 Å². The zero-order valence-electron chi connectivity index (χ0n) is 10.9. The van der Waals surface area contributed by atoms with Crippen molar-refractivity contribution < 1.29 is 4.92 Å². The Labute approximate surface area is 120 Å². The second-order valence-electron chi connectivity index (χ2n) is 4.94. The quantitative estimate of drug-likeness (QED) is 0.675. The number of nitro groups is 1. The SMILES string of the molecule is Cc1cc(NC(c2nccs2)C2CC2)ncc1[N+](=O)[O-]. The molecule has 2 aromatic rings. The van der Waals surface area contributed by atoms with Crippen molar-refractivity contribution >= 4 is 22.8 Å². The first kappa shape index (κ1) is 13.0. The van der Waals surface area contributed by atoms with E-state index in [-0.39, 0.29) is 11.7 Å². The van der Waals surface area contributed by atoms with Gasteiger partial charge in [0.1, 0.15) is 17.0 Å². The number of aromatic nitrogens is 2. The average Bonchev–Trinajstić information content (AvgIpc) is 3.10. The molecule has 1 aliphatic carbocycles. The van der Waals surface area contributed by atoms with Crippen LogP contribution in [0.15, 0.2) is 23.8 Å². The molecule has 2 heterocycles. The van der Waals surface area contributed by atoms with Crippen molar-refractivity contribution in [3.05, 3.63) is 44.5 Å². The number of hydrogen-bond donors (Lipinski definition) is 1. The van der Waals surface area contributed by atoms with Crippen LogP contribution in [-0.4, -0.2) is 14.9 Å². The van der Waals surface area contributed by atoms with Crippen LogP contribution in [0.5, 0.6) is 0 Å². The number of pyridine rings is 1. The highest BCUT2D eigenvalue weighted by Gasteiger charge is 2.34. The molecule has 6 nitrogen and oxygen atoms in total. The number of anilines is 1. The van der Waals surface area contributed by atoms with E-state index in [2.05, 4.69) is 15.3 Å². The fraction of sp³-hybridized carbons (Fsp3) is 0.385. The molecule has 0 bridgehead atoms. The van der Waals surface area contributed by atoms with Crippen LogP contribution in [-0.2, 0) is 0 Å². The minimum absolute atomic E-state index is 0.0489. The number of aryl methyl sites for hydroxylation is 1. The molecule has 0 saturated heterocycles. The molecule has 1 atom stereocenters. The average molecular weight is 290 g/mol. The Morgan fingerprint density at radius 1 is 1.50 bits per heavy atom. The molecule has 0 amide bonds. The van der Waals surface area contributed by atoms with Crippen molar-refractivity contribution in [2.75, 3.05) is 5.32 Å². The van der Waals surface area contributed by atoms with Crippen molar-refractivity contribution in [2.24, 2.45) is 5.92 Å². The predicted molar refractivity (Wildman–Crippen MR) is 76.8 cm³/mol. The summed E-state index contributed by atoms with van der Waals surface area (Å²) in [5.74, 6) is 1.25. The van der Waals surface area contributed by atoms with Gasteiger partial charge in [-0.2, -0.15) is 0 Å². The standard InChI is InChI=1S/C13H14N4O2S/c1-8-6-11(15-7-10(8)17(18)19)16-12(9-2-3-9)13-14-4-5-20-13/h4-7,9,12H,2-3H2,1H3,(H,15,16). The minimum atomic E-state index is -0.411. The van der Waals surface area contributed by atoms with Crippen molar-refractivity contribution in [1.82, 2.24) is 9.97 Å². The first-order valence-electron chi connectivity index (χ1n) is 6.42. The van der Waals surface area contributed by atoms with Gasteiger partial charge in [-0.3, -0.25) is 10.1 Å². The van der Waals surface area contributed by atoms with Crippen molar-refractivity contribution in [1.29, 1.82) is 0 Å². The number of hydrogen-bond acceptors (Lipinski definition) is 6. The van der Waals surface area contributed by atoms with Gasteiger partial charge in [-0.25, -0.2) is 9.97 Å².